The van der Waals surface area contributed by atoms with Crippen LogP contribution in [0, 0.1) is 12.8 Å². The van der Waals surface area contributed by atoms with Crippen molar-refractivity contribution in [2.75, 3.05) is 6.54 Å². The van der Waals surface area contributed by atoms with E-state index < -0.39 is 0 Å². The van der Waals surface area contributed by atoms with Crippen LogP contribution in [-0.4, -0.2) is 23.6 Å². The molecule has 19 heavy (non-hydrogen) atoms. The summed E-state index contributed by atoms with van der Waals surface area (Å²) in [4.78, 5) is 12.1. The molecule has 1 saturated carbocycles. The fraction of sp³-hybridized carbons (Fsp3) is 0.533. The molecule has 0 radical (unpaired) electrons. The number of nitrogens with one attached hydrogen (secondary N) is 1. The van der Waals surface area contributed by atoms with Crippen molar-refractivity contribution in [3.63, 3.8) is 0 Å². The van der Waals surface area contributed by atoms with Gasteiger partial charge in [-0.1, -0.05) is 6.42 Å². The fourth-order valence-electron chi connectivity index (χ4n) is 2.75. The van der Waals surface area contributed by atoms with Crippen molar-refractivity contribution in [1.29, 1.82) is 0 Å². The quantitative estimate of drug-likeness (QED) is 0.779. The lowest BCUT2D eigenvalue weighted by Gasteiger charge is -2.26. The molecule has 1 fully saturated rings. The highest BCUT2D eigenvalue weighted by Crippen LogP contribution is 2.22. The summed E-state index contributed by atoms with van der Waals surface area (Å²) >= 11 is 0. The molecule has 2 rings (SSSR count). The largest absolute Gasteiger partial charge is 0.508 e. The number of rotatable bonds is 3. The first-order valence-electron chi connectivity index (χ1n) is 6.89. The smallest absolute Gasteiger partial charge is 0.251 e. The predicted octanol–water partition coefficient (Wildman–Crippen LogP) is 1.95. The molecule has 0 heterocycles. The molecular weight excluding hydrogens is 240 g/mol. The molecule has 104 valence electrons. The maximum absolute atomic E-state index is 12.1. The molecule has 4 heteroatoms. The van der Waals surface area contributed by atoms with Gasteiger partial charge in [-0.25, -0.2) is 0 Å². The van der Waals surface area contributed by atoms with Crippen LogP contribution in [0.2, 0.25) is 0 Å². The van der Waals surface area contributed by atoms with E-state index >= 15 is 0 Å². The molecule has 0 aromatic heterocycles. The molecule has 2 unspecified atom stereocenters. The second kappa shape index (κ2) is 6.06. The SMILES string of the molecule is Cc1cc(O)ccc1C(=O)NCC1CCCC(N)C1. The Morgan fingerprint density at radius 1 is 1.47 bits per heavy atom. The summed E-state index contributed by atoms with van der Waals surface area (Å²) in [6.45, 7) is 2.51. The van der Waals surface area contributed by atoms with Gasteiger partial charge in [0.1, 0.15) is 5.75 Å². The summed E-state index contributed by atoms with van der Waals surface area (Å²) < 4.78 is 0. The molecule has 0 saturated heterocycles. The number of carbonyl (C=O) groups excluding carboxylic acids is 1. The van der Waals surface area contributed by atoms with Gasteiger partial charge in [0.25, 0.3) is 5.91 Å². The number of phenols is 1. The Morgan fingerprint density at radius 2 is 2.26 bits per heavy atom. The minimum Gasteiger partial charge on any atom is -0.508 e. The number of hydrogen-bond donors (Lipinski definition) is 3. The van der Waals surface area contributed by atoms with Crippen LogP contribution in [0.5, 0.6) is 5.75 Å². The number of phenolic OH excluding ortho intramolecular Hbond substituents is 1. The Kier molecular flexibility index (Phi) is 4.43. The van der Waals surface area contributed by atoms with Crippen LogP contribution in [0.4, 0.5) is 0 Å². The Balaban J connectivity index is 1.90. The van der Waals surface area contributed by atoms with Crippen molar-refractivity contribution in [1.82, 2.24) is 5.32 Å². The first-order valence-corrected chi connectivity index (χ1v) is 6.89. The lowest BCUT2D eigenvalue weighted by molar-refractivity contribution is 0.0942. The van der Waals surface area contributed by atoms with Gasteiger partial charge in [-0.15, -0.1) is 0 Å². The molecular formula is C15H22N2O2. The summed E-state index contributed by atoms with van der Waals surface area (Å²) in [6, 6.07) is 5.09. The van der Waals surface area contributed by atoms with E-state index in [9.17, 15) is 9.90 Å². The normalized spacial score (nSPS) is 23.1. The molecule has 1 aliphatic rings. The van der Waals surface area contributed by atoms with E-state index in [1.807, 2.05) is 6.92 Å². The number of carbonyl (C=O) groups is 1. The molecule has 4 N–H and O–H groups in total. The summed E-state index contributed by atoms with van der Waals surface area (Å²) in [5.41, 5.74) is 7.36. The van der Waals surface area contributed by atoms with Gasteiger partial charge in [0.05, 0.1) is 0 Å². The van der Waals surface area contributed by atoms with Gasteiger partial charge in [-0.3, -0.25) is 4.79 Å². The monoisotopic (exact) mass is 262 g/mol. The number of hydrogen-bond acceptors (Lipinski definition) is 3. The Hall–Kier alpha value is -1.55. The molecule has 0 bridgehead atoms. The van der Waals surface area contributed by atoms with Crippen molar-refractivity contribution < 1.29 is 9.90 Å². The number of nitrogens with two attached hydrogens (primary N) is 1. The minimum atomic E-state index is -0.0726. The van der Waals surface area contributed by atoms with Gasteiger partial charge >= 0.3 is 0 Å². The lowest BCUT2D eigenvalue weighted by atomic mass is 9.86. The number of benzene rings is 1. The Bertz CT molecular complexity index is 459. The third kappa shape index (κ3) is 3.70. The van der Waals surface area contributed by atoms with Crippen LogP contribution >= 0.6 is 0 Å². The molecule has 1 aliphatic carbocycles. The van der Waals surface area contributed by atoms with Gasteiger partial charge in [0.2, 0.25) is 0 Å². The molecule has 4 nitrogen and oxygen atoms in total. The molecule has 1 amide bonds. The van der Waals surface area contributed by atoms with E-state index in [0.29, 0.717) is 18.0 Å². The van der Waals surface area contributed by atoms with E-state index in [0.717, 1.165) is 31.2 Å². The maximum Gasteiger partial charge on any atom is 0.251 e. The predicted molar refractivity (Wildman–Crippen MR) is 75.1 cm³/mol. The highest BCUT2D eigenvalue weighted by Gasteiger charge is 2.20. The first kappa shape index (κ1) is 13.9. The van der Waals surface area contributed by atoms with E-state index in [1.165, 1.54) is 0 Å². The summed E-state index contributed by atoms with van der Waals surface area (Å²) in [5, 5.41) is 12.3. The van der Waals surface area contributed by atoms with Crippen LogP contribution in [-0.2, 0) is 0 Å². The average Bonchev–Trinajstić information content (AvgIpc) is 2.36. The Morgan fingerprint density at radius 3 is 2.95 bits per heavy atom. The maximum atomic E-state index is 12.1. The van der Waals surface area contributed by atoms with E-state index in [-0.39, 0.29) is 17.7 Å². The standard InChI is InChI=1S/C15H22N2O2/c1-10-7-13(18)5-6-14(10)15(19)17-9-11-3-2-4-12(16)8-11/h5-7,11-12,18H,2-4,8-9,16H2,1H3,(H,17,19). The van der Waals surface area contributed by atoms with Crippen molar-refractivity contribution in [3.8, 4) is 5.75 Å². The van der Waals surface area contributed by atoms with Crippen LogP contribution in [0.25, 0.3) is 0 Å². The van der Waals surface area contributed by atoms with Gasteiger partial charge in [0.15, 0.2) is 0 Å². The zero-order valence-electron chi connectivity index (χ0n) is 11.4. The summed E-state index contributed by atoms with van der Waals surface area (Å²) in [5.74, 6) is 0.606. The van der Waals surface area contributed by atoms with E-state index in [4.69, 9.17) is 5.73 Å². The van der Waals surface area contributed by atoms with Gasteiger partial charge in [0, 0.05) is 18.2 Å². The second-order valence-corrected chi connectivity index (χ2v) is 5.50. The molecule has 0 aliphatic heterocycles. The average molecular weight is 262 g/mol. The molecule has 2 atom stereocenters. The van der Waals surface area contributed by atoms with Crippen molar-refractivity contribution in [3.05, 3.63) is 29.3 Å². The first-order chi connectivity index (χ1) is 9.06. The fourth-order valence-corrected chi connectivity index (χ4v) is 2.75. The minimum absolute atomic E-state index is 0.0726. The van der Waals surface area contributed by atoms with Crippen molar-refractivity contribution in [2.45, 2.75) is 38.6 Å². The molecule has 1 aromatic rings. The third-order valence-corrected chi connectivity index (χ3v) is 3.83. The number of aromatic hydroxyl groups is 1. The Labute approximate surface area is 114 Å². The van der Waals surface area contributed by atoms with Gasteiger partial charge in [-0.05, 0) is 55.9 Å². The lowest BCUT2D eigenvalue weighted by Crippen LogP contribution is -2.35. The van der Waals surface area contributed by atoms with Gasteiger partial charge < -0.3 is 16.2 Å². The van der Waals surface area contributed by atoms with Crippen molar-refractivity contribution in [2.24, 2.45) is 11.7 Å². The number of amides is 1. The summed E-state index contributed by atoms with van der Waals surface area (Å²) in [7, 11) is 0. The zero-order chi connectivity index (χ0) is 13.8. The molecule has 0 spiro atoms. The van der Waals surface area contributed by atoms with Crippen molar-refractivity contribution >= 4 is 5.91 Å². The highest BCUT2D eigenvalue weighted by molar-refractivity contribution is 5.95. The van der Waals surface area contributed by atoms with E-state index in [1.54, 1.807) is 18.2 Å². The third-order valence-electron chi connectivity index (χ3n) is 3.83. The zero-order valence-corrected chi connectivity index (χ0v) is 11.4. The number of aryl methyl sites for hydroxylation is 1. The van der Waals surface area contributed by atoms with Crippen LogP contribution in [0.3, 0.4) is 0 Å². The van der Waals surface area contributed by atoms with Crippen LogP contribution in [0.15, 0.2) is 18.2 Å². The van der Waals surface area contributed by atoms with Crippen LogP contribution in [0.1, 0.15) is 41.6 Å². The van der Waals surface area contributed by atoms with Crippen LogP contribution < -0.4 is 11.1 Å². The highest BCUT2D eigenvalue weighted by atomic mass is 16.3. The second-order valence-electron chi connectivity index (χ2n) is 5.50. The molecule has 1 aromatic carbocycles. The summed E-state index contributed by atoms with van der Waals surface area (Å²) in [6.07, 6.45) is 4.39. The topological polar surface area (TPSA) is 75.3 Å². The van der Waals surface area contributed by atoms with Gasteiger partial charge in [-0.2, -0.15) is 0 Å². The van der Waals surface area contributed by atoms with E-state index in [2.05, 4.69) is 5.32 Å².